The number of carbonyl (C=O) groups is 1. The summed E-state index contributed by atoms with van der Waals surface area (Å²) >= 11 is 8.11. The number of nitrogens with one attached hydrogen (secondary N) is 1. The lowest BCUT2D eigenvalue weighted by molar-refractivity contribution is 0.0954. The molecule has 3 rings (SSSR count). The number of amides is 1. The molecule has 1 N–H and O–H groups in total. The van der Waals surface area contributed by atoms with Gasteiger partial charge in [0.25, 0.3) is 5.91 Å². The second kappa shape index (κ2) is 13.0. The van der Waals surface area contributed by atoms with Crippen molar-refractivity contribution in [1.29, 1.82) is 0 Å². The third-order valence-electron chi connectivity index (χ3n) is 4.71. The Kier molecular flexibility index (Phi) is 9.80. The van der Waals surface area contributed by atoms with Crippen molar-refractivity contribution >= 4 is 46.3 Å². The fourth-order valence-corrected chi connectivity index (χ4v) is 3.90. The molecule has 0 saturated heterocycles. The maximum Gasteiger partial charge on any atom is 0.271 e. The number of rotatable bonds is 11. The molecule has 0 atom stereocenters. The number of hydrogen-bond acceptors (Lipinski definition) is 6. The summed E-state index contributed by atoms with van der Waals surface area (Å²) in [4.78, 5) is 12.5. The number of ether oxygens (including phenoxy) is 4. The summed E-state index contributed by atoms with van der Waals surface area (Å²) in [5, 5.41) is 4.74. The Labute approximate surface area is 222 Å². The van der Waals surface area contributed by atoms with Crippen LogP contribution in [0.15, 0.2) is 72.4 Å². The Hall–Kier alpha value is -3.24. The van der Waals surface area contributed by atoms with Crippen LogP contribution in [-0.4, -0.2) is 32.9 Å². The van der Waals surface area contributed by atoms with Crippen molar-refractivity contribution in [2.45, 2.75) is 6.61 Å². The average Bonchev–Trinajstić information content (AvgIpc) is 2.87. The minimum absolute atomic E-state index is 0.333. The van der Waals surface area contributed by atoms with Gasteiger partial charge in [0.15, 0.2) is 23.0 Å². The SMILES string of the molecule is C=CCOc1ccc(C(=O)N/N=C/c2cc(I)c(OCc3ccc(Cl)cc3)c(OC)c2)cc1OC. The first-order chi connectivity index (χ1) is 16.9. The monoisotopic (exact) mass is 606 g/mol. The Morgan fingerprint density at radius 2 is 1.77 bits per heavy atom. The number of methoxy groups -OCH3 is 2. The molecular formula is C26H24ClIN2O5. The van der Waals surface area contributed by atoms with Gasteiger partial charge in [-0.15, -0.1) is 0 Å². The molecule has 0 heterocycles. The molecule has 3 aromatic carbocycles. The van der Waals surface area contributed by atoms with Crippen molar-refractivity contribution in [3.8, 4) is 23.0 Å². The second-order valence-electron chi connectivity index (χ2n) is 7.11. The Morgan fingerprint density at radius 3 is 2.46 bits per heavy atom. The highest BCUT2D eigenvalue weighted by Crippen LogP contribution is 2.34. The lowest BCUT2D eigenvalue weighted by Crippen LogP contribution is -2.17. The zero-order chi connectivity index (χ0) is 25.2. The smallest absolute Gasteiger partial charge is 0.271 e. The largest absolute Gasteiger partial charge is 0.493 e. The minimum Gasteiger partial charge on any atom is -0.493 e. The van der Waals surface area contributed by atoms with E-state index in [2.05, 4.69) is 39.7 Å². The van der Waals surface area contributed by atoms with Gasteiger partial charge in [-0.3, -0.25) is 4.79 Å². The van der Waals surface area contributed by atoms with Crippen LogP contribution in [0.5, 0.6) is 23.0 Å². The lowest BCUT2D eigenvalue weighted by Gasteiger charge is -2.13. The Bertz CT molecular complexity index is 1220. The quantitative estimate of drug-likeness (QED) is 0.128. The number of hydrazone groups is 1. The van der Waals surface area contributed by atoms with Gasteiger partial charge in [0.05, 0.1) is 24.0 Å². The maximum atomic E-state index is 12.5. The first kappa shape index (κ1) is 26.4. The summed E-state index contributed by atoms with van der Waals surface area (Å²) in [6.07, 6.45) is 3.16. The van der Waals surface area contributed by atoms with Gasteiger partial charge in [0.1, 0.15) is 13.2 Å². The predicted molar refractivity (Wildman–Crippen MR) is 145 cm³/mol. The summed E-state index contributed by atoms with van der Waals surface area (Å²) in [7, 11) is 3.08. The highest BCUT2D eigenvalue weighted by atomic mass is 127. The number of benzene rings is 3. The standard InChI is InChI=1S/C26H24ClIN2O5/c1-4-11-34-22-10-7-19(14-23(22)32-2)26(31)30-29-15-18-12-21(28)25(24(13-18)33-3)35-16-17-5-8-20(27)9-6-17/h4-10,12-15H,1,11,16H2,2-3H3,(H,30,31)/b29-15+. The van der Waals surface area contributed by atoms with Crippen molar-refractivity contribution in [2.24, 2.45) is 5.10 Å². The number of nitrogens with zero attached hydrogens (tertiary/aromatic N) is 1. The molecule has 0 unspecified atom stereocenters. The molecule has 0 aliphatic heterocycles. The molecule has 0 spiro atoms. The zero-order valence-electron chi connectivity index (χ0n) is 19.2. The van der Waals surface area contributed by atoms with Gasteiger partial charge in [-0.05, 0) is 76.2 Å². The van der Waals surface area contributed by atoms with Crippen LogP contribution in [0.3, 0.4) is 0 Å². The molecule has 182 valence electrons. The van der Waals surface area contributed by atoms with Gasteiger partial charge >= 0.3 is 0 Å². The number of carbonyl (C=O) groups excluding carboxylic acids is 1. The topological polar surface area (TPSA) is 78.4 Å². The van der Waals surface area contributed by atoms with Gasteiger partial charge in [-0.2, -0.15) is 5.10 Å². The fraction of sp³-hybridized carbons (Fsp3) is 0.154. The molecule has 3 aromatic rings. The molecule has 9 heteroatoms. The van der Waals surface area contributed by atoms with Crippen LogP contribution in [0, 0.1) is 3.57 Å². The molecule has 0 saturated carbocycles. The van der Waals surface area contributed by atoms with Crippen LogP contribution >= 0.6 is 34.2 Å². The van der Waals surface area contributed by atoms with Crippen molar-refractivity contribution in [1.82, 2.24) is 5.43 Å². The van der Waals surface area contributed by atoms with E-state index in [-0.39, 0.29) is 5.91 Å². The van der Waals surface area contributed by atoms with E-state index in [0.29, 0.717) is 46.8 Å². The maximum absolute atomic E-state index is 12.5. The summed E-state index contributed by atoms with van der Waals surface area (Å²) in [6.45, 7) is 4.32. The summed E-state index contributed by atoms with van der Waals surface area (Å²) in [5.74, 6) is 1.75. The third-order valence-corrected chi connectivity index (χ3v) is 5.76. The van der Waals surface area contributed by atoms with E-state index in [4.69, 9.17) is 30.5 Å². The van der Waals surface area contributed by atoms with E-state index < -0.39 is 0 Å². The summed E-state index contributed by atoms with van der Waals surface area (Å²) in [5.41, 5.74) is 4.61. The van der Waals surface area contributed by atoms with Crippen LogP contribution in [0.1, 0.15) is 21.5 Å². The molecule has 1 amide bonds. The molecular weight excluding hydrogens is 583 g/mol. The Balaban J connectivity index is 1.67. The number of hydrogen-bond donors (Lipinski definition) is 1. The number of halogens is 2. The van der Waals surface area contributed by atoms with Crippen molar-refractivity contribution in [3.63, 3.8) is 0 Å². The molecule has 0 radical (unpaired) electrons. The first-order valence-corrected chi connectivity index (χ1v) is 11.9. The van der Waals surface area contributed by atoms with E-state index in [9.17, 15) is 4.79 Å². The lowest BCUT2D eigenvalue weighted by atomic mass is 10.2. The molecule has 7 nitrogen and oxygen atoms in total. The van der Waals surface area contributed by atoms with Crippen molar-refractivity contribution in [3.05, 3.63) is 92.5 Å². The van der Waals surface area contributed by atoms with Gasteiger partial charge in [0, 0.05) is 10.6 Å². The van der Waals surface area contributed by atoms with Crippen LogP contribution in [0.2, 0.25) is 5.02 Å². The molecule has 0 aromatic heterocycles. The van der Waals surface area contributed by atoms with E-state index in [1.807, 2.05) is 30.3 Å². The molecule has 0 bridgehead atoms. The van der Waals surface area contributed by atoms with Crippen LogP contribution in [0.4, 0.5) is 0 Å². The van der Waals surface area contributed by atoms with Gasteiger partial charge < -0.3 is 18.9 Å². The van der Waals surface area contributed by atoms with E-state index in [0.717, 1.165) is 14.7 Å². The van der Waals surface area contributed by atoms with Crippen molar-refractivity contribution < 1.29 is 23.7 Å². The van der Waals surface area contributed by atoms with E-state index >= 15 is 0 Å². The highest BCUT2D eigenvalue weighted by Gasteiger charge is 2.13. The highest BCUT2D eigenvalue weighted by molar-refractivity contribution is 14.1. The molecule has 35 heavy (non-hydrogen) atoms. The molecule has 0 fully saturated rings. The van der Waals surface area contributed by atoms with Crippen LogP contribution < -0.4 is 24.4 Å². The zero-order valence-corrected chi connectivity index (χ0v) is 22.1. The summed E-state index contributed by atoms with van der Waals surface area (Å²) < 4.78 is 23.1. The van der Waals surface area contributed by atoms with Crippen molar-refractivity contribution in [2.75, 3.05) is 20.8 Å². The first-order valence-electron chi connectivity index (χ1n) is 10.4. The summed E-state index contributed by atoms with van der Waals surface area (Å²) in [6, 6.07) is 16.0. The van der Waals surface area contributed by atoms with E-state index in [1.165, 1.54) is 13.3 Å². The van der Waals surface area contributed by atoms with Gasteiger partial charge in [0.2, 0.25) is 0 Å². The second-order valence-corrected chi connectivity index (χ2v) is 8.71. The fourth-order valence-electron chi connectivity index (χ4n) is 3.00. The van der Waals surface area contributed by atoms with E-state index in [1.54, 1.807) is 37.5 Å². The van der Waals surface area contributed by atoms with Gasteiger partial charge in [-0.25, -0.2) is 5.43 Å². The predicted octanol–water partition coefficient (Wildman–Crippen LogP) is 5.87. The normalized spacial score (nSPS) is 10.6. The third kappa shape index (κ3) is 7.37. The minimum atomic E-state index is -0.389. The molecule has 0 aliphatic carbocycles. The van der Waals surface area contributed by atoms with Gasteiger partial charge in [-0.1, -0.05) is 36.4 Å². The average molecular weight is 607 g/mol. The molecule has 0 aliphatic rings. The van der Waals surface area contributed by atoms with Crippen LogP contribution in [0.25, 0.3) is 0 Å². The van der Waals surface area contributed by atoms with Crippen LogP contribution in [-0.2, 0) is 6.61 Å². The Morgan fingerprint density at radius 1 is 1.03 bits per heavy atom.